The summed E-state index contributed by atoms with van der Waals surface area (Å²) in [6.45, 7) is 2.44. The van der Waals surface area contributed by atoms with Crippen molar-refractivity contribution < 1.29 is 19.1 Å². The van der Waals surface area contributed by atoms with E-state index < -0.39 is 6.10 Å². The quantitative estimate of drug-likeness (QED) is 0.529. The van der Waals surface area contributed by atoms with Crippen molar-refractivity contribution in [3.63, 3.8) is 0 Å². The zero-order valence-electron chi connectivity index (χ0n) is 20.1. The van der Waals surface area contributed by atoms with E-state index in [1.807, 2.05) is 35.2 Å². The molecule has 0 aromatic heterocycles. The fourth-order valence-electron chi connectivity index (χ4n) is 4.64. The van der Waals surface area contributed by atoms with Crippen molar-refractivity contribution in [2.75, 3.05) is 19.0 Å². The van der Waals surface area contributed by atoms with Crippen molar-refractivity contribution >= 4 is 17.5 Å². The van der Waals surface area contributed by atoms with Gasteiger partial charge in [-0.05, 0) is 79.3 Å². The van der Waals surface area contributed by atoms with Gasteiger partial charge in [0.25, 0.3) is 5.91 Å². The molecule has 6 heteroatoms. The summed E-state index contributed by atoms with van der Waals surface area (Å²) in [5.74, 6) is 1.50. The van der Waals surface area contributed by atoms with Gasteiger partial charge in [-0.1, -0.05) is 36.4 Å². The lowest BCUT2D eigenvalue weighted by Crippen LogP contribution is -2.41. The summed E-state index contributed by atoms with van der Waals surface area (Å²) in [5, 5.41) is 2.88. The Balaban J connectivity index is 1.37. The fourth-order valence-corrected chi connectivity index (χ4v) is 4.64. The van der Waals surface area contributed by atoms with Gasteiger partial charge in [0.15, 0.2) is 6.10 Å². The van der Waals surface area contributed by atoms with Gasteiger partial charge in [-0.3, -0.25) is 9.59 Å². The molecule has 0 spiro atoms. The Hall–Kier alpha value is -3.80. The molecule has 180 valence electrons. The molecule has 1 aliphatic carbocycles. The Bertz CT molecular complexity index is 1210. The summed E-state index contributed by atoms with van der Waals surface area (Å²) in [6.07, 6.45) is 2.07. The zero-order valence-corrected chi connectivity index (χ0v) is 20.1. The standard InChI is InChI=1S/C29H30N2O4/c1-19(28(32)30-23-11-14-24(34-2)15-12-23)35-25-13-10-20-16-17-31(29(33)22-8-9-22)27(26(20)18-25)21-6-4-3-5-7-21/h3-7,10-15,18-19,22,27H,8-9,16-17H2,1-2H3,(H,30,32)/t19-,27+/m1/s1. The van der Waals surface area contributed by atoms with E-state index >= 15 is 0 Å². The number of amides is 2. The maximum atomic E-state index is 13.2. The minimum absolute atomic E-state index is 0.153. The highest BCUT2D eigenvalue weighted by molar-refractivity contribution is 5.94. The Morgan fingerprint density at radius 3 is 2.37 bits per heavy atom. The van der Waals surface area contributed by atoms with E-state index in [0.717, 1.165) is 36.1 Å². The van der Waals surface area contributed by atoms with Crippen LogP contribution in [0.25, 0.3) is 0 Å². The van der Waals surface area contributed by atoms with Gasteiger partial charge in [0.1, 0.15) is 11.5 Å². The summed E-state index contributed by atoms with van der Waals surface area (Å²) < 4.78 is 11.2. The largest absolute Gasteiger partial charge is 0.497 e. The van der Waals surface area contributed by atoms with E-state index in [1.54, 1.807) is 38.3 Å². The molecule has 1 aliphatic heterocycles. The van der Waals surface area contributed by atoms with E-state index in [2.05, 4.69) is 23.5 Å². The lowest BCUT2D eigenvalue weighted by molar-refractivity contribution is -0.134. The lowest BCUT2D eigenvalue weighted by Gasteiger charge is -2.38. The van der Waals surface area contributed by atoms with Crippen molar-refractivity contribution in [3.8, 4) is 11.5 Å². The van der Waals surface area contributed by atoms with Crippen LogP contribution in [0.2, 0.25) is 0 Å². The normalized spacial score (nSPS) is 17.8. The van der Waals surface area contributed by atoms with Crippen LogP contribution in [-0.4, -0.2) is 36.5 Å². The molecule has 2 amide bonds. The van der Waals surface area contributed by atoms with Gasteiger partial charge in [-0.25, -0.2) is 0 Å². The number of carbonyl (C=O) groups is 2. The monoisotopic (exact) mass is 470 g/mol. The number of ether oxygens (including phenoxy) is 2. The molecule has 2 atom stereocenters. The number of fused-ring (bicyclic) bond motifs is 1. The molecular weight excluding hydrogens is 440 g/mol. The summed E-state index contributed by atoms with van der Waals surface area (Å²) >= 11 is 0. The van der Waals surface area contributed by atoms with E-state index in [4.69, 9.17) is 9.47 Å². The van der Waals surface area contributed by atoms with Gasteiger partial charge < -0.3 is 19.7 Å². The smallest absolute Gasteiger partial charge is 0.265 e. The lowest BCUT2D eigenvalue weighted by atomic mass is 9.87. The van der Waals surface area contributed by atoms with Crippen LogP contribution in [0.1, 0.15) is 42.5 Å². The maximum absolute atomic E-state index is 13.2. The van der Waals surface area contributed by atoms with Crippen LogP contribution in [0.3, 0.4) is 0 Å². The van der Waals surface area contributed by atoms with Crippen LogP contribution in [0.15, 0.2) is 72.8 Å². The third-order valence-corrected chi connectivity index (χ3v) is 6.71. The van der Waals surface area contributed by atoms with Crippen LogP contribution < -0.4 is 14.8 Å². The Kier molecular flexibility index (Phi) is 6.45. The van der Waals surface area contributed by atoms with Crippen LogP contribution in [0.4, 0.5) is 5.69 Å². The number of nitrogens with one attached hydrogen (secondary N) is 1. The van der Waals surface area contributed by atoms with Gasteiger partial charge in [-0.2, -0.15) is 0 Å². The van der Waals surface area contributed by atoms with Crippen LogP contribution in [-0.2, 0) is 16.0 Å². The van der Waals surface area contributed by atoms with Gasteiger partial charge in [0.05, 0.1) is 13.2 Å². The van der Waals surface area contributed by atoms with E-state index in [0.29, 0.717) is 18.0 Å². The van der Waals surface area contributed by atoms with Crippen molar-refractivity contribution in [2.45, 2.75) is 38.3 Å². The van der Waals surface area contributed by atoms with Gasteiger partial charge >= 0.3 is 0 Å². The number of benzene rings is 3. The number of nitrogens with zero attached hydrogens (tertiary/aromatic N) is 1. The van der Waals surface area contributed by atoms with E-state index in [1.165, 1.54) is 5.56 Å². The SMILES string of the molecule is COc1ccc(NC(=O)[C@@H](C)Oc2ccc3c(c2)[C@H](c2ccccc2)N(C(=O)C2CC2)CC3)cc1. The number of rotatable bonds is 7. The first-order valence-electron chi connectivity index (χ1n) is 12.1. The number of hydrogen-bond donors (Lipinski definition) is 1. The predicted molar refractivity (Wildman–Crippen MR) is 135 cm³/mol. The molecule has 1 saturated carbocycles. The molecule has 2 aliphatic rings. The molecule has 5 rings (SSSR count). The number of methoxy groups -OCH3 is 1. The number of anilines is 1. The minimum atomic E-state index is -0.696. The maximum Gasteiger partial charge on any atom is 0.265 e. The van der Waals surface area contributed by atoms with Crippen LogP contribution >= 0.6 is 0 Å². The van der Waals surface area contributed by atoms with Gasteiger partial charge in [0, 0.05) is 18.2 Å². The zero-order chi connectivity index (χ0) is 24.4. The van der Waals surface area contributed by atoms with Crippen molar-refractivity contribution in [2.24, 2.45) is 5.92 Å². The first-order valence-corrected chi connectivity index (χ1v) is 12.1. The average Bonchev–Trinajstić information content (AvgIpc) is 3.74. The molecule has 0 saturated heterocycles. The summed E-state index contributed by atoms with van der Waals surface area (Å²) in [5.41, 5.74) is 4.04. The molecule has 3 aromatic rings. The molecule has 3 aromatic carbocycles. The second-order valence-corrected chi connectivity index (χ2v) is 9.21. The summed E-state index contributed by atoms with van der Waals surface area (Å²) in [4.78, 5) is 27.9. The Labute approximate surface area is 205 Å². The fraction of sp³-hybridized carbons (Fsp3) is 0.310. The third kappa shape index (κ3) is 5.02. The predicted octanol–water partition coefficient (Wildman–Crippen LogP) is 4.99. The van der Waals surface area contributed by atoms with Gasteiger partial charge in [-0.15, -0.1) is 0 Å². The molecule has 1 fully saturated rings. The highest BCUT2D eigenvalue weighted by Gasteiger charge is 2.39. The Morgan fingerprint density at radius 2 is 1.69 bits per heavy atom. The molecule has 0 unspecified atom stereocenters. The van der Waals surface area contributed by atoms with E-state index in [9.17, 15) is 9.59 Å². The van der Waals surface area contributed by atoms with Gasteiger partial charge in [0.2, 0.25) is 5.91 Å². The topological polar surface area (TPSA) is 67.9 Å². The third-order valence-electron chi connectivity index (χ3n) is 6.71. The summed E-state index contributed by atoms with van der Waals surface area (Å²) in [6, 6.07) is 23.1. The highest BCUT2D eigenvalue weighted by Crippen LogP contribution is 2.41. The molecule has 0 bridgehead atoms. The highest BCUT2D eigenvalue weighted by atomic mass is 16.5. The molecule has 6 nitrogen and oxygen atoms in total. The summed E-state index contributed by atoms with van der Waals surface area (Å²) in [7, 11) is 1.60. The second kappa shape index (κ2) is 9.82. The molecular formula is C29H30N2O4. The number of hydrogen-bond acceptors (Lipinski definition) is 4. The first kappa shape index (κ1) is 23.0. The molecule has 35 heavy (non-hydrogen) atoms. The first-order chi connectivity index (χ1) is 17.0. The second-order valence-electron chi connectivity index (χ2n) is 9.21. The van der Waals surface area contributed by atoms with E-state index in [-0.39, 0.29) is 23.8 Å². The molecule has 0 radical (unpaired) electrons. The van der Waals surface area contributed by atoms with Crippen molar-refractivity contribution in [1.82, 2.24) is 4.90 Å². The number of carbonyl (C=O) groups excluding carboxylic acids is 2. The van der Waals surface area contributed by atoms with Crippen molar-refractivity contribution in [1.29, 1.82) is 0 Å². The Morgan fingerprint density at radius 1 is 0.971 bits per heavy atom. The van der Waals surface area contributed by atoms with Crippen LogP contribution in [0, 0.1) is 5.92 Å². The average molecular weight is 471 g/mol. The molecule has 1 N–H and O–H groups in total. The van der Waals surface area contributed by atoms with Crippen LogP contribution in [0.5, 0.6) is 11.5 Å². The minimum Gasteiger partial charge on any atom is -0.497 e. The molecule has 1 heterocycles. The van der Waals surface area contributed by atoms with Crippen molar-refractivity contribution in [3.05, 3.63) is 89.5 Å².